The normalized spacial score (nSPS) is 11.2. The number of hydrogen-bond donors (Lipinski definition) is 1. The van der Waals surface area contributed by atoms with Gasteiger partial charge in [-0.2, -0.15) is 5.26 Å². The van der Waals surface area contributed by atoms with E-state index < -0.39 is 42.8 Å². The highest BCUT2D eigenvalue weighted by Crippen LogP contribution is 2.18. The Morgan fingerprint density at radius 2 is 1.93 bits per heavy atom. The number of halogens is 2. The molecule has 0 unspecified atom stereocenters. The summed E-state index contributed by atoms with van der Waals surface area (Å²) < 4.78 is 36.5. The third-order valence-corrected chi connectivity index (χ3v) is 3.52. The van der Waals surface area contributed by atoms with Crippen LogP contribution in [0.15, 0.2) is 42.5 Å². The first kappa shape index (κ1) is 19.8. The zero-order valence-corrected chi connectivity index (χ0v) is 14.4. The summed E-state index contributed by atoms with van der Waals surface area (Å²) in [6, 6.07) is 10.6. The van der Waals surface area contributed by atoms with Gasteiger partial charge in [0.1, 0.15) is 23.5 Å². The van der Waals surface area contributed by atoms with Crippen molar-refractivity contribution in [2.24, 2.45) is 0 Å². The molecule has 0 aliphatic heterocycles. The second kappa shape index (κ2) is 9.29. The van der Waals surface area contributed by atoms with E-state index in [9.17, 15) is 18.4 Å². The van der Waals surface area contributed by atoms with E-state index in [0.29, 0.717) is 6.07 Å². The molecule has 140 valence electrons. The molecule has 0 aliphatic rings. The molecule has 1 amide bonds. The lowest BCUT2D eigenvalue weighted by atomic mass is 10.1. The van der Waals surface area contributed by atoms with Gasteiger partial charge in [0, 0.05) is 11.6 Å². The van der Waals surface area contributed by atoms with Crippen LogP contribution in [0.25, 0.3) is 0 Å². The number of ether oxygens (including phenoxy) is 2. The number of nitrogens with zero attached hydrogens (tertiary/aromatic N) is 1. The molecule has 0 radical (unpaired) electrons. The molecule has 0 saturated carbocycles. The van der Waals surface area contributed by atoms with E-state index in [1.165, 1.54) is 25.1 Å². The third-order valence-electron chi connectivity index (χ3n) is 3.52. The Balaban J connectivity index is 1.79. The molecule has 0 spiro atoms. The Kier molecular flexibility index (Phi) is 6.83. The number of carbonyl (C=O) groups excluding carboxylic acids is 2. The number of para-hydroxylation sites is 1. The molecular weight excluding hydrogens is 358 g/mol. The number of carbonyl (C=O) groups is 2. The average molecular weight is 374 g/mol. The van der Waals surface area contributed by atoms with Crippen molar-refractivity contribution in [3.05, 3.63) is 65.2 Å². The number of amides is 1. The minimum absolute atomic E-state index is 0.104. The number of nitriles is 1. The van der Waals surface area contributed by atoms with E-state index in [0.717, 1.165) is 6.07 Å². The molecule has 8 heteroatoms. The molecular formula is C19H16F2N2O4. The summed E-state index contributed by atoms with van der Waals surface area (Å²) in [4.78, 5) is 23.5. The van der Waals surface area contributed by atoms with Gasteiger partial charge in [-0.3, -0.25) is 4.79 Å². The summed E-state index contributed by atoms with van der Waals surface area (Å²) in [5.74, 6) is -2.75. The summed E-state index contributed by atoms with van der Waals surface area (Å²) in [6.07, 6.45) is 0. The van der Waals surface area contributed by atoms with Gasteiger partial charge in [0.25, 0.3) is 5.91 Å². The lowest BCUT2D eigenvalue weighted by Crippen LogP contribution is -2.32. The summed E-state index contributed by atoms with van der Waals surface area (Å²) in [6.45, 7) is 0.446. The zero-order valence-electron chi connectivity index (χ0n) is 14.4. The van der Waals surface area contributed by atoms with Crippen molar-refractivity contribution < 1.29 is 27.8 Å². The Labute approximate surface area is 154 Å². The van der Waals surface area contributed by atoms with E-state index in [1.54, 1.807) is 12.1 Å². The highest BCUT2D eigenvalue weighted by Gasteiger charge is 2.16. The van der Waals surface area contributed by atoms with Crippen LogP contribution in [0.2, 0.25) is 0 Å². The highest BCUT2D eigenvalue weighted by molar-refractivity contribution is 5.81. The average Bonchev–Trinajstić information content (AvgIpc) is 2.64. The van der Waals surface area contributed by atoms with Crippen LogP contribution in [-0.4, -0.2) is 25.1 Å². The fraction of sp³-hybridized carbons (Fsp3) is 0.211. The summed E-state index contributed by atoms with van der Waals surface area (Å²) >= 11 is 0. The summed E-state index contributed by atoms with van der Waals surface area (Å²) in [5.41, 5.74) is 0.366. The second-order valence-corrected chi connectivity index (χ2v) is 5.51. The van der Waals surface area contributed by atoms with Crippen LogP contribution >= 0.6 is 0 Å². The minimum atomic E-state index is -0.807. The number of rotatable bonds is 7. The van der Waals surface area contributed by atoms with Crippen LogP contribution in [0.5, 0.6) is 5.75 Å². The molecule has 27 heavy (non-hydrogen) atoms. The number of hydrogen-bond acceptors (Lipinski definition) is 5. The number of esters is 1. The van der Waals surface area contributed by atoms with Crippen molar-refractivity contribution in [3.8, 4) is 11.8 Å². The van der Waals surface area contributed by atoms with E-state index in [1.807, 2.05) is 6.07 Å². The smallest absolute Gasteiger partial charge is 0.344 e. The van der Waals surface area contributed by atoms with Crippen molar-refractivity contribution in [3.63, 3.8) is 0 Å². The molecule has 2 aromatic rings. The molecule has 0 aliphatic carbocycles. The Bertz CT molecular complexity index is 880. The van der Waals surface area contributed by atoms with Gasteiger partial charge >= 0.3 is 5.97 Å². The molecule has 2 aromatic carbocycles. The monoisotopic (exact) mass is 374 g/mol. The van der Waals surface area contributed by atoms with E-state index in [-0.39, 0.29) is 16.9 Å². The highest BCUT2D eigenvalue weighted by atomic mass is 19.1. The van der Waals surface area contributed by atoms with Crippen molar-refractivity contribution >= 4 is 11.9 Å². The number of benzene rings is 2. The molecule has 1 N–H and O–H groups in total. The van der Waals surface area contributed by atoms with E-state index in [2.05, 4.69) is 5.32 Å². The fourth-order valence-corrected chi connectivity index (χ4v) is 2.22. The molecule has 2 rings (SSSR count). The fourth-order valence-electron chi connectivity index (χ4n) is 2.22. The predicted molar refractivity (Wildman–Crippen MR) is 90.5 cm³/mol. The Morgan fingerprint density at radius 3 is 2.63 bits per heavy atom. The zero-order chi connectivity index (χ0) is 19.8. The molecule has 0 fully saturated rings. The summed E-state index contributed by atoms with van der Waals surface area (Å²) in [5, 5.41) is 11.4. The van der Waals surface area contributed by atoms with E-state index >= 15 is 0 Å². The first-order valence-electron chi connectivity index (χ1n) is 7.92. The van der Waals surface area contributed by atoms with Crippen molar-refractivity contribution in [1.82, 2.24) is 5.32 Å². The summed E-state index contributed by atoms with van der Waals surface area (Å²) in [7, 11) is 0. The molecule has 0 heterocycles. The molecule has 0 aromatic heterocycles. The quantitative estimate of drug-likeness (QED) is 0.753. The topological polar surface area (TPSA) is 88.4 Å². The maximum Gasteiger partial charge on any atom is 0.344 e. The van der Waals surface area contributed by atoms with Gasteiger partial charge in [-0.05, 0) is 25.1 Å². The lowest BCUT2D eigenvalue weighted by molar-refractivity contribution is -0.150. The minimum Gasteiger partial charge on any atom is -0.481 e. The maximum atomic E-state index is 13.7. The van der Waals surface area contributed by atoms with Crippen LogP contribution in [0.4, 0.5) is 8.78 Å². The van der Waals surface area contributed by atoms with Crippen LogP contribution in [0.3, 0.4) is 0 Å². The van der Waals surface area contributed by atoms with Crippen LogP contribution in [0.1, 0.15) is 24.1 Å². The van der Waals surface area contributed by atoms with Crippen molar-refractivity contribution in [1.29, 1.82) is 5.26 Å². The molecule has 0 bridgehead atoms. The van der Waals surface area contributed by atoms with Crippen LogP contribution in [0, 0.1) is 23.0 Å². The maximum absolute atomic E-state index is 13.7. The first-order chi connectivity index (χ1) is 12.9. The second-order valence-electron chi connectivity index (χ2n) is 5.51. The standard InChI is InChI=1S/C19H16F2N2O4/c1-12(15-7-6-14(20)8-16(15)21)23-18(24)10-27-19(25)11-26-17-5-3-2-4-13(17)9-22/h2-8,12H,10-11H2,1H3,(H,23,24)/t12-/m1/s1. The van der Waals surface area contributed by atoms with Gasteiger partial charge in [0.2, 0.25) is 0 Å². The van der Waals surface area contributed by atoms with Gasteiger partial charge in [0.05, 0.1) is 11.6 Å². The molecule has 1 atom stereocenters. The van der Waals surface area contributed by atoms with Gasteiger partial charge < -0.3 is 14.8 Å². The van der Waals surface area contributed by atoms with Crippen LogP contribution < -0.4 is 10.1 Å². The SMILES string of the molecule is C[C@@H](NC(=O)COC(=O)COc1ccccc1C#N)c1ccc(F)cc1F. The Hall–Kier alpha value is -3.47. The third kappa shape index (κ3) is 5.78. The van der Waals surface area contributed by atoms with Gasteiger partial charge in [-0.1, -0.05) is 18.2 Å². The molecule has 6 nitrogen and oxygen atoms in total. The van der Waals surface area contributed by atoms with E-state index in [4.69, 9.17) is 14.7 Å². The van der Waals surface area contributed by atoms with Crippen molar-refractivity contribution in [2.75, 3.05) is 13.2 Å². The lowest BCUT2D eigenvalue weighted by Gasteiger charge is -2.15. The predicted octanol–water partition coefficient (Wildman–Crippen LogP) is 2.64. The van der Waals surface area contributed by atoms with Gasteiger partial charge in [0.15, 0.2) is 13.2 Å². The van der Waals surface area contributed by atoms with Crippen molar-refractivity contribution in [2.45, 2.75) is 13.0 Å². The molecule has 0 saturated heterocycles. The number of nitrogens with one attached hydrogen (secondary N) is 1. The van der Waals surface area contributed by atoms with Gasteiger partial charge in [-0.15, -0.1) is 0 Å². The Morgan fingerprint density at radius 1 is 1.19 bits per heavy atom. The van der Waals surface area contributed by atoms with Crippen LogP contribution in [-0.2, 0) is 14.3 Å². The first-order valence-corrected chi connectivity index (χ1v) is 7.92. The largest absolute Gasteiger partial charge is 0.481 e. The van der Waals surface area contributed by atoms with Gasteiger partial charge in [-0.25, -0.2) is 13.6 Å².